The van der Waals surface area contributed by atoms with Gasteiger partial charge in [0.2, 0.25) is 0 Å². The van der Waals surface area contributed by atoms with Crippen molar-refractivity contribution in [3.05, 3.63) is 177 Å². The van der Waals surface area contributed by atoms with Crippen LogP contribution >= 0.6 is 0 Å². The molecular weight excluding hydrogens is 839 g/mol. The van der Waals surface area contributed by atoms with Crippen molar-refractivity contribution in [3.63, 3.8) is 0 Å². The monoisotopic (exact) mass is 863 g/mol. The Morgan fingerprint density at radius 1 is 0.515 bits per heavy atom. The number of oxime groups is 3. The van der Waals surface area contributed by atoms with Crippen LogP contribution in [0.1, 0.15) is 78.3 Å². The number of aromatic nitrogens is 6. The van der Waals surface area contributed by atoms with Gasteiger partial charge in [-0.05, 0) is 5.56 Å². The van der Waals surface area contributed by atoms with E-state index in [2.05, 4.69) is 45.4 Å². The summed E-state index contributed by atoms with van der Waals surface area (Å²) in [5.41, 5.74) is 14.3. The first-order chi connectivity index (χ1) is 32.3. The molecule has 3 aromatic heterocycles. The summed E-state index contributed by atoms with van der Waals surface area (Å²) in [6, 6.07) is 41.1. The number of hydrogen-bond donors (Lipinski definition) is 2. The van der Waals surface area contributed by atoms with Crippen molar-refractivity contribution in [3.8, 4) is 64.1 Å². The Morgan fingerprint density at radius 2 is 0.879 bits per heavy atom. The van der Waals surface area contributed by atoms with Gasteiger partial charge < -0.3 is 20.6 Å². The molecule has 312 valence electrons. The predicted molar refractivity (Wildman–Crippen MR) is 231 cm³/mol. The Morgan fingerprint density at radius 3 is 1.30 bits per heavy atom. The molecule has 0 radical (unpaired) electrons. The van der Waals surface area contributed by atoms with Crippen molar-refractivity contribution in [2.24, 2.45) is 21.2 Å². The Bertz CT molecular complexity index is 3480. The minimum Gasteiger partial charge on any atom is -0.410 e. The largest absolute Gasteiger partial charge is 0.410 e. The molecule has 4 aromatic carbocycles. The zero-order valence-corrected chi connectivity index (χ0v) is 34.0. The van der Waals surface area contributed by atoms with Crippen LogP contribution < -0.4 is 5.73 Å². The topological polar surface area (TPSA) is 315 Å². The molecular formula is C47H25N15O4. The lowest BCUT2D eigenvalue weighted by Crippen LogP contribution is -2.18. The number of carbonyl (C=O) groups excluding carboxylic acids is 1. The van der Waals surface area contributed by atoms with Gasteiger partial charge in [-0.2, -0.15) is 26.3 Å². The average molecular weight is 864 g/mol. The summed E-state index contributed by atoms with van der Waals surface area (Å²) in [7, 11) is 1.44. The number of hydrogen-bond acceptors (Lipinski definition) is 18. The minimum atomic E-state index is -0.830. The van der Waals surface area contributed by atoms with Crippen LogP contribution in [0.2, 0.25) is 0 Å². The van der Waals surface area contributed by atoms with Crippen molar-refractivity contribution in [1.82, 2.24) is 29.9 Å². The SMILES string of the molecule is CO/N=C1\c2ccccc2-c2nc(C#N)c(C#N)nc21.N#Cc1nc2c(nc1C#N)-c1ccccc1/C2=N\OCc1ccccc1.N#Cc1nc2c(nc1C(N)=O)-c1ccccc1/C2=N\O. The molecule has 3 aliphatic rings. The van der Waals surface area contributed by atoms with E-state index < -0.39 is 5.91 Å². The fourth-order valence-corrected chi connectivity index (χ4v) is 7.12. The summed E-state index contributed by atoms with van der Waals surface area (Å²) < 4.78 is 0. The molecule has 0 atom stereocenters. The minimum absolute atomic E-state index is 0.00695. The van der Waals surface area contributed by atoms with E-state index in [0.29, 0.717) is 57.6 Å². The Balaban J connectivity index is 0.000000136. The second-order valence-electron chi connectivity index (χ2n) is 13.7. The van der Waals surface area contributed by atoms with Crippen molar-refractivity contribution in [1.29, 1.82) is 26.3 Å². The van der Waals surface area contributed by atoms with E-state index in [9.17, 15) is 15.3 Å². The molecule has 1 amide bonds. The molecule has 0 saturated carbocycles. The van der Waals surface area contributed by atoms with Crippen LogP contribution in [0.3, 0.4) is 0 Å². The Kier molecular flexibility index (Phi) is 11.6. The van der Waals surface area contributed by atoms with E-state index in [-0.39, 0.29) is 45.6 Å². The van der Waals surface area contributed by atoms with Crippen LogP contribution in [0.15, 0.2) is 119 Å². The van der Waals surface area contributed by atoms with E-state index in [1.54, 1.807) is 30.3 Å². The molecule has 19 heteroatoms. The highest BCUT2D eigenvalue weighted by Crippen LogP contribution is 2.37. The molecule has 0 bridgehead atoms. The quantitative estimate of drug-likeness (QED) is 0.161. The number of carbonyl (C=O) groups is 1. The summed E-state index contributed by atoms with van der Waals surface area (Å²) in [5.74, 6) is -0.830. The van der Waals surface area contributed by atoms with Crippen molar-refractivity contribution in [2.75, 3.05) is 7.11 Å². The number of benzene rings is 4. The van der Waals surface area contributed by atoms with Gasteiger partial charge in [-0.1, -0.05) is 119 Å². The van der Waals surface area contributed by atoms with E-state index in [1.165, 1.54) is 7.11 Å². The van der Waals surface area contributed by atoms with Gasteiger partial charge in [-0.3, -0.25) is 4.79 Å². The predicted octanol–water partition coefficient (Wildman–Crippen LogP) is 5.42. The number of amides is 1. The average Bonchev–Trinajstić information content (AvgIpc) is 3.97. The maximum atomic E-state index is 11.3. The second-order valence-corrected chi connectivity index (χ2v) is 13.7. The number of rotatable bonds is 5. The fraction of sp³-hybridized carbons (Fsp3) is 0.0426. The van der Waals surface area contributed by atoms with Crippen molar-refractivity contribution in [2.45, 2.75) is 6.61 Å². The first-order valence-electron chi connectivity index (χ1n) is 19.2. The van der Waals surface area contributed by atoms with Gasteiger partial charge in [0.1, 0.15) is 95.4 Å². The van der Waals surface area contributed by atoms with E-state index in [0.717, 1.165) is 27.8 Å². The van der Waals surface area contributed by atoms with Crippen molar-refractivity contribution >= 4 is 23.0 Å². The number of nitriles is 5. The number of fused-ring (bicyclic) bond motifs is 9. The Hall–Kier alpha value is -10.6. The molecule has 7 aromatic rings. The van der Waals surface area contributed by atoms with Gasteiger partial charge in [-0.25, -0.2) is 29.9 Å². The Labute approximate surface area is 373 Å². The summed E-state index contributed by atoms with van der Waals surface area (Å²) >= 11 is 0. The summed E-state index contributed by atoms with van der Waals surface area (Å²) in [4.78, 5) is 46.9. The molecule has 66 heavy (non-hydrogen) atoms. The molecule has 0 aliphatic heterocycles. The molecule has 3 aliphatic carbocycles. The van der Waals surface area contributed by atoms with E-state index in [1.807, 2.05) is 103 Å². The van der Waals surface area contributed by atoms with Crippen LogP contribution in [-0.2, 0) is 16.3 Å². The first kappa shape index (κ1) is 42.2. The lowest BCUT2D eigenvalue weighted by molar-refractivity contribution is 0.0995. The molecule has 0 unspecified atom stereocenters. The molecule has 0 saturated heterocycles. The highest BCUT2D eigenvalue weighted by molar-refractivity contribution is 6.24. The van der Waals surface area contributed by atoms with Gasteiger partial charge in [0, 0.05) is 33.4 Å². The van der Waals surface area contributed by atoms with Crippen molar-refractivity contribution < 1.29 is 19.7 Å². The van der Waals surface area contributed by atoms with Gasteiger partial charge in [-0.15, -0.1) is 0 Å². The molecule has 0 spiro atoms. The fourth-order valence-electron chi connectivity index (χ4n) is 7.12. The highest BCUT2D eigenvalue weighted by atomic mass is 16.6. The smallest absolute Gasteiger partial charge is 0.270 e. The maximum absolute atomic E-state index is 11.3. The maximum Gasteiger partial charge on any atom is 0.270 e. The lowest BCUT2D eigenvalue weighted by Gasteiger charge is -2.03. The molecule has 0 fully saturated rings. The third-order valence-corrected chi connectivity index (χ3v) is 9.95. The number of nitrogens with two attached hydrogens (primary N) is 1. The van der Waals surface area contributed by atoms with Crippen LogP contribution in [0.5, 0.6) is 0 Å². The first-order valence-corrected chi connectivity index (χ1v) is 19.2. The standard InChI is InChI=1S/C20H11N5O.C14H7N5O.C13H7N5O2/c21-10-16-17(11-22)24-20-18(23-16)14-8-4-5-9-15(14)19(20)25-26-12-13-6-2-1-3-7-13;1-20-19-13-9-5-3-2-4-8(9)12-14(13)18-11(7-16)10(6-15)17-12;14-5-8-11(13(15)19)17-9-6-3-1-2-4-7(6)10(18-20)12(9)16-8/h1-9H,12H2;2-5H,1H3;1-4,20H,(H2,15,19)/b25-19+;19-13+;18-10+. The van der Waals surface area contributed by atoms with Crippen LogP contribution in [0, 0.1) is 56.7 Å². The van der Waals surface area contributed by atoms with Gasteiger partial charge in [0.05, 0.1) is 0 Å². The van der Waals surface area contributed by atoms with Gasteiger partial charge in [0.25, 0.3) is 5.91 Å². The molecule has 3 N–H and O–H groups in total. The van der Waals surface area contributed by atoms with Crippen LogP contribution in [0.4, 0.5) is 0 Å². The summed E-state index contributed by atoms with van der Waals surface area (Å²) in [6.07, 6.45) is 0. The van der Waals surface area contributed by atoms with E-state index >= 15 is 0 Å². The third kappa shape index (κ3) is 7.56. The second kappa shape index (κ2) is 18.2. The number of nitrogens with zero attached hydrogens (tertiary/aromatic N) is 14. The lowest BCUT2D eigenvalue weighted by atomic mass is 10.1. The zero-order valence-electron chi connectivity index (χ0n) is 34.0. The number of primary amides is 1. The molecule has 19 nitrogen and oxygen atoms in total. The third-order valence-electron chi connectivity index (χ3n) is 9.95. The normalized spacial score (nSPS) is 13.2. The van der Waals surface area contributed by atoms with Gasteiger partial charge >= 0.3 is 0 Å². The summed E-state index contributed by atoms with van der Waals surface area (Å²) in [5, 5.41) is 66.1. The van der Waals surface area contributed by atoms with Crippen LogP contribution in [-0.4, -0.2) is 65.3 Å². The molecule has 3 heterocycles. The van der Waals surface area contributed by atoms with Gasteiger partial charge in [0.15, 0.2) is 34.2 Å². The van der Waals surface area contributed by atoms with Crippen LogP contribution in [0.25, 0.3) is 33.8 Å². The highest BCUT2D eigenvalue weighted by Gasteiger charge is 2.33. The zero-order chi connectivity index (χ0) is 46.3. The molecule has 10 rings (SSSR count). The van der Waals surface area contributed by atoms with E-state index in [4.69, 9.17) is 36.4 Å². The summed E-state index contributed by atoms with van der Waals surface area (Å²) in [6.45, 7) is 0.316.